The quantitative estimate of drug-likeness (QED) is 0.663. The average molecular weight is 434 g/mol. The van der Waals surface area contributed by atoms with Crippen molar-refractivity contribution in [1.82, 2.24) is 9.78 Å². The summed E-state index contributed by atoms with van der Waals surface area (Å²) >= 11 is 3.40. The molecular weight excluding hydrogens is 420 g/mol. The summed E-state index contributed by atoms with van der Waals surface area (Å²) in [6.45, 7) is 0.807. The van der Waals surface area contributed by atoms with Crippen molar-refractivity contribution in [2.75, 3.05) is 5.32 Å². The van der Waals surface area contributed by atoms with E-state index in [2.05, 4.69) is 26.3 Å². The van der Waals surface area contributed by atoms with Crippen LogP contribution in [0.4, 0.5) is 14.5 Å². The standard InChI is InChI=1S/C19H14BrF2N3O2/c20-12-3-1-11(2-4-12)18-9-25-14(10-27-18)8-17(24-25)19(26)23-13-5-6-15(21)16(22)7-13/h1-8,18H,9-10H2,(H,23,26)/t18-/m1/s1. The molecule has 1 amide bonds. The van der Waals surface area contributed by atoms with Crippen LogP contribution in [0.3, 0.4) is 0 Å². The normalized spacial score (nSPS) is 16.0. The van der Waals surface area contributed by atoms with Crippen LogP contribution in [-0.4, -0.2) is 15.7 Å². The Hall–Kier alpha value is -2.58. The van der Waals surface area contributed by atoms with Crippen molar-refractivity contribution in [3.8, 4) is 0 Å². The number of anilines is 1. The van der Waals surface area contributed by atoms with Gasteiger partial charge in [-0.1, -0.05) is 28.1 Å². The maximum Gasteiger partial charge on any atom is 0.276 e. The SMILES string of the molecule is O=C(Nc1ccc(F)c(F)c1)c1cc2n(n1)C[C@H](c1ccc(Br)cc1)OC2. The van der Waals surface area contributed by atoms with Crippen molar-refractivity contribution in [1.29, 1.82) is 0 Å². The monoisotopic (exact) mass is 433 g/mol. The summed E-state index contributed by atoms with van der Waals surface area (Å²) in [5, 5.41) is 6.84. The van der Waals surface area contributed by atoms with Crippen molar-refractivity contribution >= 4 is 27.5 Å². The number of aromatic nitrogens is 2. The van der Waals surface area contributed by atoms with Crippen LogP contribution >= 0.6 is 15.9 Å². The summed E-state index contributed by atoms with van der Waals surface area (Å²) in [4.78, 5) is 12.4. The largest absolute Gasteiger partial charge is 0.365 e. The lowest BCUT2D eigenvalue weighted by Gasteiger charge is -2.24. The number of ether oxygens (including phenoxy) is 1. The molecule has 1 aliphatic heterocycles. The molecule has 1 aliphatic rings. The van der Waals surface area contributed by atoms with E-state index in [0.29, 0.717) is 13.2 Å². The molecule has 0 fully saturated rings. The van der Waals surface area contributed by atoms with Gasteiger partial charge in [-0.05, 0) is 35.9 Å². The van der Waals surface area contributed by atoms with E-state index in [-0.39, 0.29) is 17.5 Å². The Labute approximate surface area is 162 Å². The lowest BCUT2D eigenvalue weighted by molar-refractivity contribution is -0.00119. The topological polar surface area (TPSA) is 56.2 Å². The third-order valence-electron chi connectivity index (χ3n) is 4.29. The van der Waals surface area contributed by atoms with Crippen LogP contribution in [0.1, 0.15) is 27.8 Å². The maximum atomic E-state index is 13.3. The van der Waals surface area contributed by atoms with Gasteiger partial charge in [0.15, 0.2) is 17.3 Å². The molecule has 0 bridgehead atoms. The number of nitrogens with zero attached hydrogens (tertiary/aromatic N) is 2. The first kappa shape index (κ1) is 17.8. The van der Waals surface area contributed by atoms with Gasteiger partial charge in [0.2, 0.25) is 0 Å². The minimum Gasteiger partial charge on any atom is -0.365 e. The van der Waals surface area contributed by atoms with Crippen molar-refractivity contribution in [3.05, 3.63) is 81.6 Å². The van der Waals surface area contributed by atoms with Gasteiger partial charge in [-0.3, -0.25) is 9.48 Å². The Morgan fingerprint density at radius 2 is 1.93 bits per heavy atom. The summed E-state index contributed by atoms with van der Waals surface area (Å²) < 4.78 is 34.9. The van der Waals surface area contributed by atoms with Crippen molar-refractivity contribution in [2.45, 2.75) is 19.3 Å². The third kappa shape index (κ3) is 3.77. The highest BCUT2D eigenvalue weighted by molar-refractivity contribution is 9.10. The molecule has 4 rings (SSSR count). The number of rotatable bonds is 3. The fourth-order valence-electron chi connectivity index (χ4n) is 2.88. The van der Waals surface area contributed by atoms with E-state index in [1.807, 2.05) is 24.3 Å². The molecule has 0 unspecified atom stereocenters. The third-order valence-corrected chi connectivity index (χ3v) is 4.82. The zero-order valence-corrected chi connectivity index (χ0v) is 15.5. The van der Waals surface area contributed by atoms with Crippen LogP contribution in [0.25, 0.3) is 0 Å². The highest BCUT2D eigenvalue weighted by Crippen LogP contribution is 2.27. The summed E-state index contributed by atoms with van der Waals surface area (Å²) in [5.74, 6) is -2.49. The van der Waals surface area contributed by atoms with Gasteiger partial charge < -0.3 is 10.1 Å². The fourth-order valence-corrected chi connectivity index (χ4v) is 3.15. The highest BCUT2D eigenvalue weighted by atomic mass is 79.9. The predicted octanol–water partition coefficient (Wildman–Crippen LogP) is 4.45. The summed E-state index contributed by atoms with van der Waals surface area (Å²) in [6, 6.07) is 12.6. The molecular formula is C19H14BrF2N3O2. The molecule has 1 atom stereocenters. The summed E-state index contributed by atoms with van der Waals surface area (Å²) in [5.41, 5.74) is 2.15. The van der Waals surface area contributed by atoms with Crippen LogP contribution in [0.2, 0.25) is 0 Å². The van der Waals surface area contributed by atoms with E-state index >= 15 is 0 Å². The Balaban J connectivity index is 1.50. The fraction of sp³-hybridized carbons (Fsp3) is 0.158. The van der Waals surface area contributed by atoms with E-state index in [4.69, 9.17) is 4.74 Å². The smallest absolute Gasteiger partial charge is 0.276 e. The first-order valence-electron chi connectivity index (χ1n) is 8.20. The van der Waals surface area contributed by atoms with Crippen molar-refractivity contribution < 1.29 is 18.3 Å². The second-order valence-corrected chi connectivity index (χ2v) is 7.05. The number of carbonyl (C=O) groups excluding carboxylic acids is 1. The van der Waals surface area contributed by atoms with Crippen LogP contribution < -0.4 is 5.32 Å². The number of halogens is 3. The maximum absolute atomic E-state index is 13.3. The predicted molar refractivity (Wildman–Crippen MR) is 98.2 cm³/mol. The molecule has 27 heavy (non-hydrogen) atoms. The molecule has 2 aromatic carbocycles. The Morgan fingerprint density at radius 1 is 1.15 bits per heavy atom. The average Bonchev–Trinajstić information content (AvgIpc) is 3.09. The summed E-state index contributed by atoms with van der Waals surface area (Å²) in [6.07, 6.45) is -0.160. The van der Waals surface area contributed by atoms with Gasteiger partial charge in [0, 0.05) is 16.2 Å². The van der Waals surface area contributed by atoms with E-state index in [9.17, 15) is 13.6 Å². The van der Waals surface area contributed by atoms with Crippen molar-refractivity contribution in [3.63, 3.8) is 0 Å². The number of nitrogens with one attached hydrogen (secondary N) is 1. The zero-order valence-electron chi connectivity index (χ0n) is 14.0. The highest BCUT2D eigenvalue weighted by Gasteiger charge is 2.24. The number of hydrogen-bond donors (Lipinski definition) is 1. The molecule has 0 saturated carbocycles. The molecule has 5 nitrogen and oxygen atoms in total. The van der Waals surface area contributed by atoms with Gasteiger partial charge in [0.1, 0.15) is 6.10 Å². The van der Waals surface area contributed by atoms with Crippen molar-refractivity contribution in [2.24, 2.45) is 0 Å². The van der Waals surface area contributed by atoms with E-state index in [1.165, 1.54) is 6.07 Å². The van der Waals surface area contributed by atoms with Gasteiger partial charge in [-0.2, -0.15) is 5.10 Å². The molecule has 0 spiro atoms. The zero-order chi connectivity index (χ0) is 19.0. The lowest BCUT2D eigenvalue weighted by atomic mass is 10.1. The summed E-state index contributed by atoms with van der Waals surface area (Å²) in [7, 11) is 0. The van der Waals surface area contributed by atoms with Crippen LogP contribution in [0.15, 0.2) is 53.0 Å². The second kappa shape index (κ2) is 7.21. The second-order valence-electron chi connectivity index (χ2n) is 6.14. The van der Waals surface area contributed by atoms with Gasteiger partial charge in [0.25, 0.3) is 5.91 Å². The Bertz CT molecular complexity index is 1000. The Morgan fingerprint density at radius 3 is 2.67 bits per heavy atom. The lowest BCUT2D eigenvalue weighted by Crippen LogP contribution is -2.22. The van der Waals surface area contributed by atoms with E-state index in [0.717, 1.165) is 27.9 Å². The number of amides is 1. The number of carbonyl (C=O) groups is 1. The number of fused-ring (bicyclic) bond motifs is 1. The molecule has 1 aromatic heterocycles. The van der Waals surface area contributed by atoms with Crippen LogP contribution in [0, 0.1) is 11.6 Å². The minimum atomic E-state index is -1.03. The first-order chi connectivity index (χ1) is 13.0. The molecule has 0 aliphatic carbocycles. The molecule has 0 radical (unpaired) electrons. The van der Waals surface area contributed by atoms with E-state index < -0.39 is 17.5 Å². The van der Waals surface area contributed by atoms with Gasteiger partial charge in [-0.15, -0.1) is 0 Å². The van der Waals surface area contributed by atoms with Crippen LogP contribution in [-0.2, 0) is 17.9 Å². The minimum absolute atomic E-state index is 0.160. The molecule has 1 N–H and O–H groups in total. The number of benzene rings is 2. The number of hydrogen-bond acceptors (Lipinski definition) is 3. The molecule has 8 heteroatoms. The van der Waals surface area contributed by atoms with Crippen LogP contribution in [0.5, 0.6) is 0 Å². The molecule has 0 saturated heterocycles. The van der Waals surface area contributed by atoms with Gasteiger partial charge >= 0.3 is 0 Å². The van der Waals surface area contributed by atoms with E-state index in [1.54, 1.807) is 10.7 Å². The van der Waals surface area contributed by atoms with Gasteiger partial charge in [-0.25, -0.2) is 8.78 Å². The molecule has 3 aromatic rings. The Kier molecular flexibility index (Phi) is 4.75. The molecule has 2 heterocycles. The first-order valence-corrected chi connectivity index (χ1v) is 8.99. The van der Waals surface area contributed by atoms with Gasteiger partial charge in [0.05, 0.1) is 18.8 Å². The molecule has 138 valence electrons.